The highest BCUT2D eigenvalue weighted by molar-refractivity contribution is 5.22. The molecule has 2 heteroatoms. The maximum atomic E-state index is 3.82. The van der Waals surface area contributed by atoms with E-state index < -0.39 is 0 Å². The largest absolute Gasteiger partial charge is 0.348 e. The molecule has 2 heterocycles. The van der Waals surface area contributed by atoms with E-state index in [1.165, 1.54) is 89.2 Å². The molecular weight excluding hydrogens is 340 g/mol. The maximum Gasteiger partial charge on any atom is 0.0368 e. The Morgan fingerprint density at radius 2 is 1.36 bits per heavy atom. The summed E-state index contributed by atoms with van der Waals surface area (Å²) in [5, 5.41) is 3.82. The van der Waals surface area contributed by atoms with Gasteiger partial charge >= 0.3 is 0 Å². The molecule has 0 saturated carbocycles. The van der Waals surface area contributed by atoms with Gasteiger partial charge in [-0.15, -0.1) is 0 Å². The van der Waals surface area contributed by atoms with Crippen LogP contribution in [0.4, 0.5) is 0 Å². The molecule has 2 rings (SSSR count). The number of aromatic nitrogens is 1. The van der Waals surface area contributed by atoms with Crippen molar-refractivity contribution in [2.75, 3.05) is 0 Å². The van der Waals surface area contributed by atoms with Crippen LogP contribution in [0.2, 0.25) is 0 Å². The third kappa shape index (κ3) is 7.58. The Morgan fingerprint density at radius 1 is 0.857 bits per heavy atom. The minimum Gasteiger partial charge on any atom is -0.348 e. The number of hydrogen-bond donors (Lipinski definition) is 1. The van der Waals surface area contributed by atoms with Crippen LogP contribution in [0.25, 0.3) is 0 Å². The van der Waals surface area contributed by atoms with Gasteiger partial charge in [-0.1, -0.05) is 64.7 Å². The predicted molar refractivity (Wildman–Crippen MR) is 124 cm³/mol. The van der Waals surface area contributed by atoms with E-state index >= 15 is 0 Å². The van der Waals surface area contributed by atoms with Gasteiger partial charge in [0.2, 0.25) is 0 Å². The van der Waals surface area contributed by atoms with Crippen molar-refractivity contribution < 1.29 is 0 Å². The lowest BCUT2D eigenvalue weighted by Crippen LogP contribution is -2.58. The molecule has 1 aromatic rings. The zero-order chi connectivity index (χ0) is 20.6. The van der Waals surface area contributed by atoms with Crippen LogP contribution in [0, 0.1) is 6.92 Å². The summed E-state index contributed by atoms with van der Waals surface area (Å²) < 4.78 is 2.58. The van der Waals surface area contributed by atoms with Crippen LogP contribution < -0.4 is 5.32 Å². The summed E-state index contributed by atoms with van der Waals surface area (Å²) >= 11 is 0. The summed E-state index contributed by atoms with van der Waals surface area (Å²) in [6.45, 7) is 14.0. The maximum absolute atomic E-state index is 3.82. The summed E-state index contributed by atoms with van der Waals surface area (Å²) in [5.74, 6) is 0. The molecule has 0 aliphatic carbocycles. The number of rotatable bonds is 12. The first-order valence-electron chi connectivity index (χ1n) is 12.2. The Morgan fingerprint density at radius 3 is 1.89 bits per heavy atom. The fourth-order valence-electron chi connectivity index (χ4n) is 5.50. The van der Waals surface area contributed by atoms with Gasteiger partial charge in [0.05, 0.1) is 0 Å². The highest BCUT2D eigenvalue weighted by Crippen LogP contribution is 2.37. The smallest absolute Gasteiger partial charge is 0.0368 e. The number of hydrogen-bond acceptors (Lipinski definition) is 1. The monoisotopic (exact) mass is 388 g/mol. The van der Waals surface area contributed by atoms with E-state index in [0.29, 0.717) is 6.04 Å². The van der Waals surface area contributed by atoms with Crippen LogP contribution in [0.15, 0.2) is 12.3 Å². The molecule has 0 atom stereocenters. The highest BCUT2D eigenvalue weighted by Gasteiger charge is 2.38. The van der Waals surface area contributed by atoms with Crippen molar-refractivity contribution in [2.24, 2.45) is 0 Å². The summed E-state index contributed by atoms with van der Waals surface area (Å²) in [4.78, 5) is 0. The van der Waals surface area contributed by atoms with Crippen molar-refractivity contribution >= 4 is 0 Å². The molecular formula is C26H48N2. The van der Waals surface area contributed by atoms with Gasteiger partial charge in [0.25, 0.3) is 0 Å². The van der Waals surface area contributed by atoms with Crippen molar-refractivity contribution in [2.45, 2.75) is 142 Å². The molecule has 0 radical (unpaired) electrons. The second-order valence-corrected chi connectivity index (χ2v) is 10.7. The highest BCUT2D eigenvalue weighted by atomic mass is 15.1. The summed E-state index contributed by atoms with van der Waals surface area (Å²) in [7, 11) is 0. The van der Waals surface area contributed by atoms with Crippen molar-refractivity contribution in [1.82, 2.24) is 9.88 Å². The van der Waals surface area contributed by atoms with Crippen molar-refractivity contribution in [3.63, 3.8) is 0 Å². The molecule has 0 bridgehead atoms. The van der Waals surface area contributed by atoms with Crippen molar-refractivity contribution in [3.8, 4) is 0 Å². The number of aryl methyl sites for hydroxylation is 1. The first-order chi connectivity index (χ1) is 13.2. The van der Waals surface area contributed by atoms with E-state index in [0.717, 1.165) is 0 Å². The molecule has 1 aliphatic rings. The molecule has 1 aliphatic heterocycles. The fraction of sp³-hybridized carbons (Fsp3) is 0.846. The predicted octanol–water partition coefficient (Wildman–Crippen LogP) is 7.74. The Kier molecular flexibility index (Phi) is 9.12. The third-order valence-electron chi connectivity index (χ3n) is 6.65. The fourth-order valence-corrected chi connectivity index (χ4v) is 5.50. The quantitative estimate of drug-likeness (QED) is 0.362. The van der Waals surface area contributed by atoms with Gasteiger partial charge < -0.3 is 9.88 Å². The molecule has 0 unspecified atom stereocenters. The molecule has 1 fully saturated rings. The lowest BCUT2D eigenvalue weighted by Gasteiger charge is -2.47. The Labute approximate surface area is 175 Å². The van der Waals surface area contributed by atoms with Crippen molar-refractivity contribution in [1.29, 1.82) is 0 Å². The van der Waals surface area contributed by atoms with E-state index in [2.05, 4.69) is 63.7 Å². The first kappa shape index (κ1) is 23.5. The standard InChI is InChI=1S/C26H48N2/c1-7-8-9-10-11-12-13-14-15-16-17-23-18-19-28(22(23)2)24-20-25(3,4)27-26(5,6)21-24/h18-19,24,27H,7-17,20-21H2,1-6H3. The normalized spacial score (nSPS) is 19.2. The first-order valence-corrected chi connectivity index (χ1v) is 12.2. The van der Waals surface area contributed by atoms with Crippen LogP contribution in [-0.2, 0) is 6.42 Å². The summed E-state index contributed by atoms with van der Waals surface area (Å²) in [5.41, 5.74) is 3.50. The molecule has 2 nitrogen and oxygen atoms in total. The Balaban J connectivity index is 1.72. The van der Waals surface area contributed by atoms with Crippen LogP contribution in [0.1, 0.15) is 129 Å². The van der Waals surface area contributed by atoms with Crippen LogP contribution in [0.3, 0.4) is 0 Å². The lowest BCUT2D eigenvalue weighted by molar-refractivity contribution is 0.131. The number of nitrogens with zero attached hydrogens (tertiary/aromatic N) is 1. The second-order valence-electron chi connectivity index (χ2n) is 10.7. The molecule has 1 N–H and O–H groups in total. The van der Waals surface area contributed by atoms with Gasteiger partial charge in [-0.05, 0) is 71.9 Å². The van der Waals surface area contributed by atoms with Gasteiger partial charge in [-0.3, -0.25) is 0 Å². The molecule has 162 valence electrons. The molecule has 0 spiro atoms. The van der Waals surface area contributed by atoms with Crippen LogP contribution in [-0.4, -0.2) is 15.6 Å². The van der Waals surface area contributed by atoms with Gasteiger partial charge in [0.1, 0.15) is 0 Å². The average molecular weight is 389 g/mol. The molecule has 1 saturated heterocycles. The van der Waals surface area contributed by atoms with Crippen LogP contribution >= 0.6 is 0 Å². The van der Waals surface area contributed by atoms with Crippen LogP contribution in [0.5, 0.6) is 0 Å². The van der Waals surface area contributed by atoms with Gasteiger partial charge in [-0.2, -0.15) is 0 Å². The minimum atomic E-state index is 0.208. The number of unbranched alkanes of at least 4 members (excludes halogenated alkanes) is 9. The molecule has 0 amide bonds. The SMILES string of the molecule is CCCCCCCCCCCCc1ccn(C2CC(C)(C)NC(C)(C)C2)c1C. The van der Waals surface area contributed by atoms with E-state index in [9.17, 15) is 0 Å². The van der Waals surface area contributed by atoms with Gasteiger partial charge in [-0.25, -0.2) is 0 Å². The zero-order valence-electron chi connectivity index (χ0n) is 19.9. The molecule has 0 aromatic carbocycles. The third-order valence-corrected chi connectivity index (χ3v) is 6.65. The van der Waals surface area contributed by atoms with E-state index in [1.54, 1.807) is 5.56 Å². The minimum absolute atomic E-state index is 0.208. The Bertz CT molecular complexity index is 551. The number of piperidine rings is 1. The summed E-state index contributed by atoms with van der Waals surface area (Å²) in [6.07, 6.45) is 20.2. The van der Waals surface area contributed by atoms with E-state index in [4.69, 9.17) is 0 Å². The number of nitrogens with one attached hydrogen (secondary N) is 1. The van der Waals surface area contributed by atoms with Gasteiger partial charge in [0.15, 0.2) is 0 Å². The molecule has 1 aromatic heterocycles. The second kappa shape index (κ2) is 10.9. The lowest BCUT2D eigenvalue weighted by atomic mass is 9.79. The Hall–Kier alpha value is -0.760. The summed E-state index contributed by atoms with van der Waals surface area (Å²) in [6, 6.07) is 3.01. The van der Waals surface area contributed by atoms with E-state index in [1.807, 2.05) is 0 Å². The van der Waals surface area contributed by atoms with Gasteiger partial charge in [0, 0.05) is 29.0 Å². The molecule has 28 heavy (non-hydrogen) atoms. The average Bonchev–Trinajstić information content (AvgIpc) is 2.94. The zero-order valence-corrected chi connectivity index (χ0v) is 19.9. The topological polar surface area (TPSA) is 17.0 Å². The van der Waals surface area contributed by atoms with E-state index in [-0.39, 0.29) is 11.1 Å². The van der Waals surface area contributed by atoms with Crippen molar-refractivity contribution in [3.05, 3.63) is 23.5 Å².